The summed E-state index contributed by atoms with van der Waals surface area (Å²) in [5.74, 6) is 0.135. The number of hydrogen-bond donors (Lipinski definition) is 2. The van der Waals surface area contributed by atoms with Gasteiger partial charge in [-0.15, -0.1) is 0 Å². The molecule has 1 rings (SSSR count). The average Bonchev–Trinajstić information content (AvgIpc) is 2.43. The summed E-state index contributed by atoms with van der Waals surface area (Å²) in [6.07, 6.45) is 4.29. The molecular formula is C13H27N3O2. The van der Waals surface area contributed by atoms with Gasteiger partial charge in [-0.05, 0) is 32.7 Å². The first-order chi connectivity index (χ1) is 8.72. The van der Waals surface area contributed by atoms with Crippen LogP contribution in [-0.4, -0.2) is 56.2 Å². The van der Waals surface area contributed by atoms with Crippen molar-refractivity contribution in [3.8, 4) is 0 Å². The Labute approximate surface area is 110 Å². The number of carbonyl (C=O) groups excluding carboxylic acids is 1. The van der Waals surface area contributed by atoms with Crippen molar-refractivity contribution in [3.05, 3.63) is 0 Å². The summed E-state index contributed by atoms with van der Waals surface area (Å²) in [4.78, 5) is 14.1. The van der Waals surface area contributed by atoms with E-state index in [9.17, 15) is 4.79 Å². The molecule has 106 valence electrons. The number of nitrogens with zero attached hydrogens (tertiary/aromatic N) is 1. The molecule has 1 heterocycles. The Morgan fingerprint density at radius 3 is 2.94 bits per heavy atom. The average molecular weight is 257 g/mol. The third-order valence-electron chi connectivity index (χ3n) is 3.57. The van der Waals surface area contributed by atoms with Gasteiger partial charge in [0.05, 0.1) is 12.1 Å². The van der Waals surface area contributed by atoms with Crippen LogP contribution in [0.15, 0.2) is 0 Å². The monoisotopic (exact) mass is 257 g/mol. The molecule has 0 bridgehead atoms. The zero-order chi connectivity index (χ0) is 13.4. The molecule has 0 aromatic heterocycles. The van der Waals surface area contributed by atoms with Crippen LogP contribution in [0.5, 0.6) is 0 Å². The molecule has 1 fully saturated rings. The van der Waals surface area contributed by atoms with E-state index in [1.807, 2.05) is 6.92 Å². The Hall–Kier alpha value is -0.650. The van der Waals surface area contributed by atoms with Gasteiger partial charge in [-0.25, -0.2) is 0 Å². The highest BCUT2D eigenvalue weighted by atomic mass is 16.5. The second kappa shape index (κ2) is 8.45. The number of carbonyl (C=O) groups is 1. The van der Waals surface area contributed by atoms with Crippen LogP contribution in [-0.2, 0) is 9.53 Å². The van der Waals surface area contributed by atoms with Crippen molar-refractivity contribution in [1.29, 1.82) is 0 Å². The molecule has 0 saturated carbocycles. The number of nitrogens with two attached hydrogens (primary N) is 1. The smallest absolute Gasteiger partial charge is 0.237 e. The number of likely N-dealkylation sites (tertiary alicyclic amines) is 1. The molecule has 0 aromatic carbocycles. The maximum atomic E-state index is 11.8. The highest BCUT2D eigenvalue weighted by Crippen LogP contribution is 2.18. The molecule has 2 unspecified atom stereocenters. The normalized spacial score (nSPS) is 22.7. The zero-order valence-electron chi connectivity index (χ0n) is 11.7. The maximum Gasteiger partial charge on any atom is 0.237 e. The van der Waals surface area contributed by atoms with Gasteiger partial charge in [-0.3, -0.25) is 9.69 Å². The lowest BCUT2D eigenvalue weighted by atomic mass is 10.0. The summed E-state index contributed by atoms with van der Waals surface area (Å²) in [5.41, 5.74) is 5.67. The van der Waals surface area contributed by atoms with Crippen molar-refractivity contribution >= 4 is 5.91 Å². The molecule has 1 saturated heterocycles. The Morgan fingerprint density at radius 1 is 1.56 bits per heavy atom. The van der Waals surface area contributed by atoms with Crippen molar-refractivity contribution < 1.29 is 9.53 Å². The molecule has 1 aliphatic rings. The third kappa shape index (κ3) is 4.55. The van der Waals surface area contributed by atoms with E-state index in [1.165, 1.54) is 6.42 Å². The quantitative estimate of drug-likeness (QED) is 0.690. The minimum absolute atomic E-state index is 0.0313. The molecule has 18 heavy (non-hydrogen) atoms. The van der Waals surface area contributed by atoms with E-state index in [-0.39, 0.29) is 18.1 Å². The summed E-state index contributed by atoms with van der Waals surface area (Å²) >= 11 is 0. The van der Waals surface area contributed by atoms with E-state index < -0.39 is 0 Å². The number of likely N-dealkylation sites (N-methyl/N-ethyl adjacent to an activating group) is 1. The molecule has 0 aromatic rings. The number of hydrogen-bond acceptors (Lipinski definition) is 4. The van der Waals surface area contributed by atoms with E-state index in [0.29, 0.717) is 13.2 Å². The fourth-order valence-electron chi connectivity index (χ4n) is 2.54. The first-order valence-corrected chi connectivity index (χ1v) is 7.00. The SMILES string of the molecule is CCOC(CN)CCN1CCCCC1C(=O)NC. The maximum absolute atomic E-state index is 11.8. The van der Waals surface area contributed by atoms with Gasteiger partial charge in [0, 0.05) is 26.7 Å². The first-order valence-electron chi connectivity index (χ1n) is 7.00. The molecular weight excluding hydrogens is 230 g/mol. The van der Waals surface area contributed by atoms with Crippen molar-refractivity contribution in [2.75, 3.05) is 33.3 Å². The van der Waals surface area contributed by atoms with Crippen LogP contribution >= 0.6 is 0 Å². The molecule has 5 heteroatoms. The van der Waals surface area contributed by atoms with Crippen molar-refractivity contribution in [2.24, 2.45) is 5.73 Å². The largest absolute Gasteiger partial charge is 0.377 e. The van der Waals surface area contributed by atoms with Crippen LogP contribution in [0, 0.1) is 0 Å². The Kier molecular flexibility index (Phi) is 7.23. The summed E-state index contributed by atoms with van der Waals surface area (Å²) in [7, 11) is 1.71. The summed E-state index contributed by atoms with van der Waals surface area (Å²) in [5, 5.41) is 2.75. The van der Waals surface area contributed by atoms with Gasteiger partial charge in [0.15, 0.2) is 0 Å². The van der Waals surface area contributed by atoms with Gasteiger partial charge in [0.2, 0.25) is 5.91 Å². The highest BCUT2D eigenvalue weighted by Gasteiger charge is 2.27. The van der Waals surface area contributed by atoms with Gasteiger partial charge in [0.1, 0.15) is 0 Å². The van der Waals surface area contributed by atoms with Crippen LogP contribution in [0.25, 0.3) is 0 Å². The number of nitrogens with one attached hydrogen (secondary N) is 1. The van der Waals surface area contributed by atoms with Crippen LogP contribution < -0.4 is 11.1 Å². The van der Waals surface area contributed by atoms with Gasteiger partial charge in [0.25, 0.3) is 0 Å². The second-order valence-corrected chi connectivity index (χ2v) is 4.76. The fraction of sp³-hybridized carbons (Fsp3) is 0.923. The third-order valence-corrected chi connectivity index (χ3v) is 3.57. The Balaban J connectivity index is 2.43. The van der Waals surface area contributed by atoms with Gasteiger partial charge in [-0.2, -0.15) is 0 Å². The minimum Gasteiger partial charge on any atom is -0.377 e. The highest BCUT2D eigenvalue weighted by molar-refractivity contribution is 5.81. The van der Waals surface area contributed by atoms with E-state index in [4.69, 9.17) is 10.5 Å². The molecule has 0 aliphatic carbocycles. The molecule has 1 aliphatic heterocycles. The number of amides is 1. The van der Waals surface area contributed by atoms with Gasteiger partial charge < -0.3 is 15.8 Å². The predicted molar refractivity (Wildman–Crippen MR) is 72.4 cm³/mol. The van der Waals surface area contributed by atoms with Crippen LogP contribution in [0.3, 0.4) is 0 Å². The van der Waals surface area contributed by atoms with Crippen molar-refractivity contribution in [1.82, 2.24) is 10.2 Å². The standard InChI is InChI=1S/C13H27N3O2/c1-3-18-11(10-14)7-9-16-8-5-4-6-12(16)13(17)15-2/h11-12H,3-10,14H2,1-2H3,(H,15,17). The Morgan fingerprint density at radius 2 is 2.33 bits per heavy atom. The van der Waals surface area contributed by atoms with E-state index in [0.717, 1.165) is 32.4 Å². The second-order valence-electron chi connectivity index (χ2n) is 4.76. The van der Waals surface area contributed by atoms with Crippen LogP contribution in [0.1, 0.15) is 32.6 Å². The molecule has 5 nitrogen and oxygen atoms in total. The van der Waals surface area contributed by atoms with Crippen molar-refractivity contribution in [2.45, 2.75) is 44.8 Å². The van der Waals surface area contributed by atoms with E-state index in [1.54, 1.807) is 7.05 Å². The minimum atomic E-state index is 0.0313. The predicted octanol–water partition coefficient (Wildman–Crippen LogP) is 0.341. The van der Waals surface area contributed by atoms with Crippen LogP contribution in [0.2, 0.25) is 0 Å². The summed E-state index contributed by atoms with van der Waals surface area (Å²) < 4.78 is 5.55. The molecule has 0 spiro atoms. The number of rotatable bonds is 7. The summed E-state index contributed by atoms with van der Waals surface area (Å²) in [6.45, 7) is 5.12. The van der Waals surface area contributed by atoms with Gasteiger partial charge >= 0.3 is 0 Å². The summed E-state index contributed by atoms with van der Waals surface area (Å²) in [6, 6.07) is 0.0313. The lowest BCUT2D eigenvalue weighted by Gasteiger charge is -2.35. The number of piperidine rings is 1. The lowest BCUT2D eigenvalue weighted by Crippen LogP contribution is -2.49. The van der Waals surface area contributed by atoms with Crippen molar-refractivity contribution in [3.63, 3.8) is 0 Å². The topological polar surface area (TPSA) is 67.6 Å². The Bertz CT molecular complexity index is 248. The lowest BCUT2D eigenvalue weighted by molar-refractivity contribution is -0.127. The van der Waals surface area contributed by atoms with E-state index in [2.05, 4.69) is 10.2 Å². The van der Waals surface area contributed by atoms with Crippen LogP contribution in [0.4, 0.5) is 0 Å². The van der Waals surface area contributed by atoms with Gasteiger partial charge in [-0.1, -0.05) is 6.42 Å². The molecule has 1 amide bonds. The number of ether oxygens (including phenoxy) is 1. The first kappa shape index (κ1) is 15.4. The molecule has 3 N–H and O–H groups in total. The molecule has 2 atom stereocenters. The fourth-order valence-corrected chi connectivity index (χ4v) is 2.54. The molecule has 0 radical (unpaired) electrons. The van der Waals surface area contributed by atoms with E-state index >= 15 is 0 Å². The zero-order valence-corrected chi connectivity index (χ0v) is 11.7.